The molecular formula is C17H26N4O. The van der Waals surface area contributed by atoms with Crippen molar-refractivity contribution in [3.05, 3.63) is 23.9 Å². The zero-order chi connectivity index (χ0) is 15.2. The zero-order valence-electron chi connectivity index (χ0n) is 13.2. The molecule has 1 saturated heterocycles. The minimum atomic E-state index is 0.338. The molecule has 1 saturated carbocycles. The summed E-state index contributed by atoms with van der Waals surface area (Å²) in [6.45, 7) is 2.65. The highest BCUT2D eigenvalue weighted by molar-refractivity contribution is 5.78. The lowest BCUT2D eigenvalue weighted by atomic mass is 10.1. The lowest BCUT2D eigenvalue weighted by molar-refractivity contribution is 0.201. The Kier molecular flexibility index (Phi) is 5.14. The highest BCUT2D eigenvalue weighted by Crippen LogP contribution is 2.23. The SMILES string of the molecule is NC(=NCc1ccnc(OC2CCCC2)c1)N1CCCCC1. The summed E-state index contributed by atoms with van der Waals surface area (Å²) in [5, 5.41) is 0. The van der Waals surface area contributed by atoms with Crippen molar-refractivity contribution in [1.82, 2.24) is 9.88 Å². The molecule has 120 valence electrons. The Balaban J connectivity index is 1.57. The number of nitrogens with zero attached hydrogens (tertiary/aromatic N) is 3. The summed E-state index contributed by atoms with van der Waals surface area (Å²) in [5.74, 6) is 1.38. The van der Waals surface area contributed by atoms with Gasteiger partial charge in [-0.15, -0.1) is 0 Å². The van der Waals surface area contributed by atoms with Crippen LogP contribution in [-0.4, -0.2) is 35.0 Å². The Morgan fingerprint density at radius 3 is 2.77 bits per heavy atom. The Morgan fingerprint density at radius 2 is 2.00 bits per heavy atom. The first kappa shape index (κ1) is 15.1. The van der Waals surface area contributed by atoms with E-state index in [1.807, 2.05) is 12.1 Å². The molecule has 2 heterocycles. The molecule has 3 rings (SSSR count). The second kappa shape index (κ2) is 7.47. The number of nitrogens with two attached hydrogens (primary N) is 1. The number of piperidine rings is 1. The summed E-state index contributed by atoms with van der Waals surface area (Å²) in [4.78, 5) is 11.0. The molecule has 0 unspecified atom stereocenters. The van der Waals surface area contributed by atoms with E-state index in [9.17, 15) is 0 Å². The van der Waals surface area contributed by atoms with Gasteiger partial charge in [-0.05, 0) is 56.6 Å². The average molecular weight is 302 g/mol. The molecule has 1 aromatic rings. The fraction of sp³-hybridized carbons (Fsp3) is 0.647. The molecule has 1 aromatic heterocycles. The van der Waals surface area contributed by atoms with Gasteiger partial charge in [-0.1, -0.05) is 0 Å². The van der Waals surface area contributed by atoms with Gasteiger partial charge in [0.15, 0.2) is 5.96 Å². The van der Waals surface area contributed by atoms with Crippen LogP contribution in [0.25, 0.3) is 0 Å². The van der Waals surface area contributed by atoms with E-state index >= 15 is 0 Å². The summed E-state index contributed by atoms with van der Waals surface area (Å²) in [6.07, 6.45) is 10.7. The van der Waals surface area contributed by atoms with Crippen LogP contribution in [0.2, 0.25) is 0 Å². The summed E-state index contributed by atoms with van der Waals surface area (Å²) in [7, 11) is 0. The monoisotopic (exact) mass is 302 g/mol. The maximum atomic E-state index is 6.10. The minimum Gasteiger partial charge on any atom is -0.474 e. The van der Waals surface area contributed by atoms with Crippen LogP contribution in [0.3, 0.4) is 0 Å². The molecule has 1 aliphatic heterocycles. The average Bonchev–Trinajstić information content (AvgIpc) is 3.07. The molecule has 0 aromatic carbocycles. The molecule has 5 nitrogen and oxygen atoms in total. The maximum Gasteiger partial charge on any atom is 0.213 e. The molecule has 22 heavy (non-hydrogen) atoms. The van der Waals surface area contributed by atoms with Crippen molar-refractivity contribution >= 4 is 5.96 Å². The number of pyridine rings is 1. The number of aliphatic imine (C=N–C) groups is 1. The second-order valence-electron chi connectivity index (χ2n) is 6.25. The van der Waals surface area contributed by atoms with Crippen LogP contribution in [0.5, 0.6) is 5.88 Å². The van der Waals surface area contributed by atoms with E-state index in [2.05, 4.69) is 14.9 Å². The van der Waals surface area contributed by atoms with E-state index in [0.717, 1.165) is 37.4 Å². The first-order valence-corrected chi connectivity index (χ1v) is 8.48. The number of hydrogen-bond donors (Lipinski definition) is 1. The van der Waals surface area contributed by atoms with Crippen molar-refractivity contribution < 1.29 is 4.74 Å². The summed E-state index contributed by atoms with van der Waals surface area (Å²) < 4.78 is 5.94. The van der Waals surface area contributed by atoms with Gasteiger partial charge >= 0.3 is 0 Å². The third-order valence-electron chi connectivity index (χ3n) is 4.49. The van der Waals surface area contributed by atoms with E-state index in [1.165, 1.54) is 32.1 Å². The predicted octanol–water partition coefficient (Wildman–Crippen LogP) is 2.70. The van der Waals surface area contributed by atoms with E-state index in [1.54, 1.807) is 6.20 Å². The van der Waals surface area contributed by atoms with Gasteiger partial charge in [0.2, 0.25) is 5.88 Å². The van der Waals surface area contributed by atoms with Crippen LogP contribution in [0.4, 0.5) is 0 Å². The van der Waals surface area contributed by atoms with Crippen molar-refractivity contribution in [3.8, 4) is 5.88 Å². The van der Waals surface area contributed by atoms with Crippen molar-refractivity contribution in [1.29, 1.82) is 0 Å². The fourth-order valence-electron chi connectivity index (χ4n) is 3.19. The normalized spacial score (nSPS) is 20.4. The molecule has 1 aliphatic carbocycles. The van der Waals surface area contributed by atoms with Crippen LogP contribution in [0.15, 0.2) is 23.3 Å². The lowest BCUT2D eigenvalue weighted by Crippen LogP contribution is -2.40. The topological polar surface area (TPSA) is 63.7 Å². The van der Waals surface area contributed by atoms with Gasteiger partial charge in [0.05, 0.1) is 6.54 Å². The molecule has 0 radical (unpaired) electrons. The molecule has 0 bridgehead atoms. The minimum absolute atomic E-state index is 0.338. The predicted molar refractivity (Wildman–Crippen MR) is 87.9 cm³/mol. The van der Waals surface area contributed by atoms with Gasteiger partial charge in [-0.2, -0.15) is 0 Å². The first-order valence-electron chi connectivity index (χ1n) is 8.48. The first-order chi connectivity index (χ1) is 10.8. The van der Waals surface area contributed by atoms with Crippen LogP contribution in [-0.2, 0) is 6.54 Å². The number of aromatic nitrogens is 1. The Labute approximate surface area is 132 Å². The number of ether oxygens (including phenoxy) is 1. The van der Waals surface area contributed by atoms with Crippen molar-refractivity contribution in [2.75, 3.05) is 13.1 Å². The van der Waals surface area contributed by atoms with E-state index in [0.29, 0.717) is 18.6 Å². The van der Waals surface area contributed by atoms with Gasteiger partial charge in [0.1, 0.15) is 6.10 Å². The number of rotatable bonds is 4. The molecule has 0 atom stereocenters. The van der Waals surface area contributed by atoms with Gasteiger partial charge in [-0.25, -0.2) is 9.98 Å². The van der Waals surface area contributed by atoms with E-state index in [4.69, 9.17) is 10.5 Å². The van der Waals surface area contributed by atoms with Gasteiger partial charge in [0, 0.05) is 25.4 Å². The molecule has 0 spiro atoms. The smallest absolute Gasteiger partial charge is 0.213 e. The Morgan fingerprint density at radius 1 is 1.23 bits per heavy atom. The summed E-state index contributed by atoms with van der Waals surface area (Å²) in [5.41, 5.74) is 7.20. The van der Waals surface area contributed by atoms with Gasteiger partial charge < -0.3 is 15.4 Å². The van der Waals surface area contributed by atoms with E-state index in [-0.39, 0.29) is 0 Å². The third kappa shape index (κ3) is 4.12. The van der Waals surface area contributed by atoms with Crippen molar-refractivity contribution in [2.45, 2.75) is 57.6 Å². The molecule has 2 aliphatic rings. The largest absolute Gasteiger partial charge is 0.474 e. The zero-order valence-corrected chi connectivity index (χ0v) is 13.2. The summed E-state index contributed by atoms with van der Waals surface area (Å²) in [6, 6.07) is 3.97. The van der Waals surface area contributed by atoms with Crippen molar-refractivity contribution in [3.63, 3.8) is 0 Å². The fourth-order valence-corrected chi connectivity index (χ4v) is 3.19. The molecule has 5 heteroatoms. The quantitative estimate of drug-likeness (QED) is 0.686. The second-order valence-corrected chi connectivity index (χ2v) is 6.25. The molecule has 2 N–H and O–H groups in total. The van der Waals surface area contributed by atoms with Crippen LogP contribution in [0, 0.1) is 0 Å². The number of hydrogen-bond acceptors (Lipinski definition) is 3. The third-order valence-corrected chi connectivity index (χ3v) is 4.49. The molecule has 2 fully saturated rings. The number of likely N-dealkylation sites (tertiary alicyclic amines) is 1. The standard InChI is InChI=1S/C17H26N4O/c18-17(21-10-4-1-5-11-21)20-13-14-8-9-19-16(12-14)22-15-6-2-3-7-15/h8-9,12,15H,1-7,10-11,13H2,(H2,18,20). The highest BCUT2D eigenvalue weighted by Gasteiger charge is 2.17. The van der Waals surface area contributed by atoms with Crippen molar-refractivity contribution in [2.24, 2.45) is 10.7 Å². The van der Waals surface area contributed by atoms with Crippen LogP contribution >= 0.6 is 0 Å². The van der Waals surface area contributed by atoms with Gasteiger partial charge in [-0.3, -0.25) is 0 Å². The lowest BCUT2D eigenvalue weighted by Gasteiger charge is -2.27. The Bertz CT molecular complexity index is 505. The molecule has 0 amide bonds. The maximum absolute atomic E-state index is 6.10. The van der Waals surface area contributed by atoms with Crippen LogP contribution in [0.1, 0.15) is 50.5 Å². The Hall–Kier alpha value is -1.78. The van der Waals surface area contributed by atoms with Gasteiger partial charge in [0.25, 0.3) is 0 Å². The van der Waals surface area contributed by atoms with E-state index < -0.39 is 0 Å². The molecular weight excluding hydrogens is 276 g/mol. The highest BCUT2D eigenvalue weighted by atomic mass is 16.5. The summed E-state index contributed by atoms with van der Waals surface area (Å²) >= 11 is 0. The van der Waals surface area contributed by atoms with Crippen LogP contribution < -0.4 is 10.5 Å². The number of guanidine groups is 1.